The highest BCUT2D eigenvalue weighted by atomic mass is 32.2. The predicted molar refractivity (Wildman–Crippen MR) is 67.1 cm³/mol. The van der Waals surface area contributed by atoms with Gasteiger partial charge in [-0.15, -0.1) is 0 Å². The number of rotatable bonds is 4. The molecule has 0 fully saturated rings. The number of hydrogen-bond acceptors (Lipinski definition) is 6. The molecule has 6 heteroatoms. The second-order valence-corrected chi connectivity index (χ2v) is 4.40. The molecule has 0 bridgehead atoms. The summed E-state index contributed by atoms with van der Waals surface area (Å²) in [4.78, 5) is 16.7. The van der Waals surface area contributed by atoms with Gasteiger partial charge in [-0.1, -0.05) is 0 Å². The smallest absolute Gasteiger partial charge is 0.193 e. The van der Waals surface area contributed by atoms with Crippen LogP contribution >= 0.6 is 11.8 Å². The Balaban J connectivity index is 2.12. The van der Waals surface area contributed by atoms with Gasteiger partial charge in [0.1, 0.15) is 17.2 Å². The largest absolute Gasteiger partial charge is 0.370 e. The lowest BCUT2D eigenvalue weighted by Crippen LogP contribution is -1.99. The van der Waals surface area contributed by atoms with Crippen LogP contribution in [0.2, 0.25) is 0 Å². The van der Waals surface area contributed by atoms with Crippen molar-refractivity contribution in [2.24, 2.45) is 0 Å². The van der Waals surface area contributed by atoms with E-state index in [0.717, 1.165) is 23.0 Å². The molecular formula is C11H13N5S. The highest BCUT2D eigenvalue weighted by molar-refractivity contribution is 7.99. The molecule has 0 aliphatic rings. The van der Waals surface area contributed by atoms with Crippen LogP contribution in [0.5, 0.6) is 0 Å². The van der Waals surface area contributed by atoms with Crippen LogP contribution in [0.15, 0.2) is 35.0 Å². The number of nitrogens with zero attached hydrogens (tertiary/aromatic N) is 4. The van der Waals surface area contributed by atoms with E-state index in [0.29, 0.717) is 5.16 Å². The number of aryl methyl sites for hydroxylation is 1. The maximum Gasteiger partial charge on any atom is 0.193 e. The van der Waals surface area contributed by atoms with Crippen LogP contribution in [-0.2, 0) is 0 Å². The van der Waals surface area contributed by atoms with Gasteiger partial charge in [0.15, 0.2) is 5.16 Å². The third-order valence-corrected chi connectivity index (χ3v) is 2.78. The molecule has 0 spiro atoms. The number of anilines is 1. The van der Waals surface area contributed by atoms with E-state index in [1.54, 1.807) is 12.4 Å². The van der Waals surface area contributed by atoms with E-state index >= 15 is 0 Å². The summed E-state index contributed by atoms with van der Waals surface area (Å²) in [5.74, 6) is 0.817. The van der Waals surface area contributed by atoms with Crippen LogP contribution in [-0.4, -0.2) is 26.5 Å². The molecular weight excluding hydrogens is 234 g/mol. The van der Waals surface area contributed by atoms with E-state index in [1.165, 1.54) is 18.1 Å². The first-order chi connectivity index (χ1) is 8.28. The Labute approximate surface area is 104 Å². The van der Waals surface area contributed by atoms with Crippen molar-refractivity contribution >= 4 is 17.6 Å². The minimum Gasteiger partial charge on any atom is -0.370 e. The van der Waals surface area contributed by atoms with E-state index in [4.69, 9.17) is 0 Å². The molecule has 0 aliphatic carbocycles. The average Bonchev–Trinajstić information content (AvgIpc) is 2.33. The molecule has 0 aliphatic heterocycles. The summed E-state index contributed by atoms with van der Waals surface area (Å²) in [6.07, 6.45) is 5.12. The lowest BCUT2D eigenvalue weighted by molar-refractivity contribution is 0.940. The van der Waals surface area contributed by atoms with Crippen LogP contribution in [0.25, 0.3) is 0 Å². The van der Waals surface area contributed by atoms with Gasteiger partial charge >= 0.3 is 0 Å². The van der Waals surface area contributed by atoms with Gasteiger partial charge in [0.25, 0.3) is 0 Å². The Morgan fingerprint density at radius 3 is 2.65 bits per heavy atom. The molecule has 2 heterocycles. The molecule has 2 aromatic heterocycles. The molecule has 5 nitrogen and oxygen atoms in total. The molecule has 1 N–H and O–H groups in total. The van der Waals surface area contributed by atoms with Crippen LogP contribution in [0.1, 0.15) is 12.5 Å². The topological polar surface area (TPSA) is 63.6 Å². The zero-order valence-electron chi connectivity index (χ0n) is 9.71. The summed E-state index contributed by atoms with van der Waals surface area (Å²) in [5, 5.41) is 4.66. The van der Waals surface area contributed by atoms with Crippen molar-refractivity contribution in [1.82, 2.24) is 19.9 Å². The summed E-state index contributed by atoms with van der Waals surface area (Å²) in [5.41, 5.74) is 1.05. The van der Waals surface area contributed by atoms with Crippen LogP contribution < -0.4 is 5.32 Å². The molecule has 2 rings (SSSR count). The average molecular weight is 247 g/mol. The maximum absolute atomic E-state index is 4.22. The van der Waals surface area contributed by atoms with Crippen LogP contribution in [0.4, 0.5) is 5.82 Å². The molecule has 0 saturated heterocycles. The van der Waals surface area contributed by atoms with Gasteiger partial charge < -0.3 is 5.32 Å². The molecule has 0 radical (unpaired) electrons. The Morgan fingerprint density at radius 2 is 1.94 bits per heavy atom. The lowest BCUT2D eigenvalue weighted by Gasteiger charge is -2.03. The van der Waals surface area contributed by atoms with Crippen LogP contribution in [0, 0.1) is 6.92 Å². The van der Waals surface area contributed by atoms with E-state index in [1.807, 2.05) is 19.9 Å². The molecule has 0 aromatic carbocycles. The van der Waals surface area contributed by atoms with Crippen molar-refractivity contribution in [1.29, 1.82) is 0 Å². The fraction of sp³-hybridized carbons (Fsp3) is 0.273. The molecule has 88 valence electrons. The minimum atomic E-state index is 0.691. The number of hydrogen-bond donors (Lipinski definition) is 1. The fourth-order valence-electron chi connectivity index (χ4n) is 1.20. The zero-order valence-corrected chi connectivity index (χ0v) is 10.5. The van der Waals surface area contributed by atoms with E-state index in [2.05, 4.69) is 25.3 Å². The van der Waals surface area contributed by atoms with Gasteiger partial charge in [-0.25, -0.2) is 19.9 Å². The predicted octanol–water partition coefficient (Wildman–Crippen LogP) is 2.16. The van der Waals surface area contributed by atoms with Crippen molar-refractivity contribution in [3.63, 3.8) is 0 Å². The highest BCUT2D eigenvalue weighted by Crippen LogP contribution is 2.23. The first-order valence-electron chi connectivity index (χ1n) is 5.30. The van der Waals surface area contributed by atoms with Crippen molar-refractivity contribution in [2.45, 2.75) is 24.0 Å². The third-order valence-electron chi connectivity index (χ3n) is 1.95. The molecule has 2 aromatic rings. The Bertz CT molecular complexity index is 485. The fourth-order valence-corrected chi connectivity index (χ4v) is 1.87. The van der Waals surface area contributed by atoms with Crippen molar-refractivity contribution < 1.29 is 0 Å². The van der Waals surface area contributed by atoms with Crippen molar-refractivity contribution in [3.8, 4) is 0 Å². The second-order valence-electron chi connectivity index (χ2n) is 3.42. The van der Waals surface area contributed by atoms with Gasteiger partial charge in [-0.05, 0) is 31.2 Å². The Morgan fingerprint density at radius 1 is 1.18 bits per heavy atom. The van der Waals surface area contributed by atoms with E-state index < -0.39 is 0 Å². The van der Waals surface area contributed by atoms with Crippen molar-refractivity contribution in [3.05, 3.63) is 30.4 Å². The molecule has 17 heavy (non-hydrogen) atoms. The quantitative estimate of drug-likeness (QED) is 0.660. The van der Waals surface area contributed by atoms with E-state index in [-0.39, 0.29) is 0 Å². The third kappa shape index (κ3) is 3.39. The lowest BCUT2D eigenvalue weighted by atomic mass is 10.4. The number of aromatic nitrogens is 4. The van der Waals surface area contributed by atoms with Crippen molar-refractivity contribution in [2.75, 3.05) is 11.9 Å². The zero-order chi connectivity index (χ0) is 12.1. The summed E-state index contributed by atoms with van der Waals surface area (Å²) >= 11 is 1.42. The van der Waals surface area contributed by atoms with E-state index in [9.17, 15) is 0 Å². The van der Waals surface area contributed by atoms with Gasteiger partial charge in [0.05, 0.1) is 0 Å². The normalized spacial score (nSPS) is 10.2. The molecule has 0 unspecified atom stereocenters. The monoisotopic (exact) mass is 247 g/mol. The van der Waals surface area contributed by atoms with Gasteiger partial charge in [-0.2, -0.15) is 0 Å². The van der Waals surface area contributed by atoms with Crippen LogP contribution in [0.3, 0.4) is 0 Å². The summed E-state index contributed by atoms with van der Waals surface area (Å²) < 4.78 is 0. The summed E-state index contributed by atoms with van der Waals surface area (Å²) in [7, 11) is 0. The van der Waals surface area contributed by atoms with Gasteiger partial charge in [0.2, 0.25) is 0 Å². The maximum atomic E-state index is 4.22. The molecule has 0 saturated carbocycles. The van der Waals surface area contributed by atoms with Gasteiger partial charge in [-0.3, -0.25) is 0 Å². The first-order valence-corrected chi connectivity index (χ1v) is 6.12. The SMILES string of the molecule is CCNc1cc(Sc2ncc(C)cn2)ncn1. The Hall–Kier alpha value is -1.69. The summed E-state index contributed by atoms with van der Waals surface area (Å²) in [6, 6.07) is 1.89. The highest BCUT2D eigenvalue weighted by Gasteiger charge is 2.03. The number of nitrogens with one attached hydrogen (secondary N) is 1. The first kappa shape index (κ1) is 11.8. The van der Waals surface area contributed by atoms with Gasteiger partial charge in [0, 0.05) is 25.0 Å². The Kier molecular flexibility index (Phi) is 3.87. The second kappa shape index (κ2) is 5.58. The minimum absolute atomic E-state index is 0.691. The summed E-state index contributed by atoms with van der Waals surface area (Å²) in [6.45, 7) is 4.82. The molecule has 0 amide bonds. The standard InChI is InChI=1S/C11H13N5S/c1-3-12-9-4-10(16-7-15-9)17-11-13-5-8(2)6-14-11/h4-7H,3H2,1-2H3,(H,12,15,16). The molecule has 0 atom stereocenters.